The van der Waals surface area contributed by atoms with Crippen LogP contribution < -0.4 is 5.32 Å². The molecule has 5 aromatic carbocycles. The zero-order chi connectivity index (χ0) is 25.2. The van der Waals surface area contributed by atoms with Gasteiger partial charge in [-0.3, -0.25) is 0 Å². The highest BCUT2D eigenvalue weighted by Crippen LogP contribution is 2.40. The molecule has 0 unspecified atom stereocenters. The molecule has 0 aliphatic heterocycles. The lowest BCUT2D eigenvalue weighted by molar-refractivity contribution is 0.587. The molecule has 37 heavy (non-hydrogen) atoms. The van der Waals surface area contributed by atoms with E-state index in [1.165, 1.54) is 3.97 Å². The van der Waals surface area contributed by atoms with Crippen molar-refractivity contribution in [1.29, 1.82) is 0 Å². The number of fused-ring (bicyclic) bond motifs is 2. The fraction of sp³-hybridized carbons (Fsp3) is 0.0323. The summed E-state index contributed by atoms with van der Waals surface area (Å²) in [6.07, 6.45) is 0. The van der Waals surface area contributed by atoms with Gasteiger partial charge < -0.3 is 5.32 Å². The van der Waals surface area contributed by atoms with Crippen molar-refractivity contribution < 1.29 is 8.42 Å². The third-order valence-corrected chi connectivity index (χ3v) is 9.29. The van der Waals surface area contributed by atoms with Gasteiger partial charge in [-0.1, -0.05) is 103 Å². The number of para-hydroxylation sites is 1. The van der Waals surface area contributed by atoms with Gasteiger partial charge in [0.15, 0.2) is 0 Å². The first kappa shape index (κ1) is 23.4. The molecule has 0 spiro atoms. The maximum absolute atomic E-state index is 14.1. The molecular weight excluding hydrogens is 496 g/mol. The number of nitrogens with one attached hydrogen (secondary N) is 1. The van der Waals surface area contributed by atoms with Gasteiger partial charge >= 0.3 is 0 Å². The molecule has 0 aliphatic carbocycles. The Balaban J connectivity index is 1.55. The van der Waals surface area contributed by atoms with E-state index in [0.29, 0.717) is 17.8 Å². The summed E-state index contributed by atoms with van der Waals surface area (Å²) >= 11 is 1.59. The summed E-state index contributed by atoms with van der Waals surface area (Å²) in [7, 11) is -3.85. The second-order valence-electron chi connectivity index (χ2n) is 8.67. The van der Waals surface area contributed by atoms with E-state index in [9.17, 15) is 8.42 Å². The molecule has 0 saturated heterocycles. The van der Waals surface area contributed by atoms with Gasteiger partial charge in [-0.25, -0.2) is 12.4 Å². The molecule has 0 saturated carbocycles. The summed E-state index contributed by atoms with van der Waals surface area (Å²) in [5.74, 6) is 0. The van der Waals surface area contributed by atoms with Crippen LogP contribution in [0, 0.1) is 0 Å². The minimum atomic E-state index is -3.85. The molecular formula is C31H24N2O2S2. The van der Waals surface area contributed by atoms with E-state index in [-0.39, 0.29) is 4.90 Å². The predicted octanol–water partition coefficient (Wildman–Crippen LogP) is 7.79. The van der Waals surface area contributed by atoms with Gasteiger partial charge in [0.2, 0.25) is 0 Å². The summed E-state index contributed by atoms with van der Waals surface area (Å²) in [4.78, 5) is 2.24. The maximum atomic E-state index is 14.1. The van der Waals surface area contributed by atoms with Gasteiger partial charge in [0, 0.05) is 26.3 Å². The predicted molar refractivity (Wildman–Crippen MR) is 153 cm³/mol. The lowest BCUT2D eigenvalue weighted by Gasteiger charge is -2.15. The first-order chi connectivity index (χ1) is 18.1. The molecule has 6 heteroatoms. The largest absolute Gasteiger partial charge is 0.379 e. The molecule has 0 amide bonds. The van der Waals surface area contributed by atoms with E-state index in [0.717, 1.165) is 31.6 Å². The van der Waals surface area contributed by atoms with Gasteiger partial charge in [0.1, 0.15) is 0 Å². The van der Waals surface area contributed by atoms with E-state index >= 15 is 0 Å². The van der Waals surface area contributed by atoms with Crippen molar-refractivity contribution in [3.8, 4) is 0 Å². The number of anilines is 1. The Bertz CT molecular complexity index is 1810. The number of aromatic nitrogens is 1. The smallest absolute Gasteiger partial charge is 0.268 e. The fourth-order valence-corrected chi connectivity index (χ4v) is 7.37. The van der Waals surface area contributed by atoms with E-state index in [2.05, 4.69) is 23.5 Å². The van der Waals surface area contributed by atoms with Crippen LogP contribution in [0.25, 0.3) is 21.7 Å². The van der Waals surface area contributed by atoms with Crippen LogP contribution >= 0.6 is 11.8 Å². The topological polar surface area (TPSA) is 51.1 Å². The Morgan fingerprint density at radius 3 is 2.05 bits per heavy atom. The summed E-state index contributed by atoms with van der Waals surface area (Å²) in [6.45, 7) is 0.337. The van der Waals surface area contributed by atoms with Gasteiger partial charge in [-0.2, -0.15) is 0 Å². The first-order valence-corrected chi connectivity index (χ1v) is 14.3. The number of nitrogens with zero attached hydrogens (tertiary/aromatic N) is 1. The molecule has 0 bridgehead atoms. The quantitative estimate of drug-likeness (QED) is 0.233. The molecule has 0 fully saturated rings. The van der Waals surface area contributed by atoms with Crippen LogP contribution in [0.5, 0.6) is 0 Å². The highest BCUT2D eigenvalue weighted by molar-refractivity contribution is 7.99. The van der Waals surface area contributed by atoms with E-state index in [1.807, 2.05) is 84.9 Å². The number of benzene rings is 5. The molecule has 1 aromatic heterocycles. The Kier molecular flexibility index (Phi) is 6.20. The summed E-state index contributed by atoms with van der Waals surface area (Å²) in [5.41, 5.74) is 2.33. The second-order valence-corrected chi connectivity index (χ2v) is 11.5. The molecule has 1 N–H and O–H groups in total. The molecule has 4 nitrogen and oxygen atoms in total. The van der Waals surface area contributed by atoms with Crippen LogP contribution in [0.1, 0.15) is 5.69 Å². The average molecular weight is 521 g/mol. The van der Waals surface area contributed by atoms with Crippen LogP contribution in [0.15, 0.2) is 142 Å². The molecule has 6 rings (SSSR count). The van der Waals surface area contributed by atoms with Crippen molar-refractivity contribution in [1.82, 2.24) is 3.97 Å². The monoisotopic (exact) mass is 520 g/mol. The van der Waals surface area contributed by atoms with E-state index in [1.54, 1.807) is 36.0 Å². The normalized spacial score (nSPS) is 11.7. The molecule has 0 atom stereocenters. The van der Waals surface area contributed by atoms with Gasteiger partial charge in [-0.05, 0) is 41.8 Å². The van der Waals surface area contributed by atoms with E-state index < -0.39 is 10.0 Å². The number of hydrogen-bond donors (Lipinski definition) is 1. The molecule has 1 heterocycles. The summed E-state index contributed by atoms with van der Waals surface area (Å²) < 4.78 is 29.7. The zero-order valence-corrected chi connectivity index (χ0v) is 21.5. The van der Waals surface area contributed by atoms with Crippen molar-refractivity contribution in [3.63, 3.8) is 0 Å². The SMILES string of the molecule is O=S(=O)(c1ccccc1)n1c(CNc2cccc3ccccc23)c(Sc2ccccc2)c2ccccc21. The highest BCUT2D eigenvalue weighted by atomic mass is 32.2. The van der Waals surface area contributed by atoms with Gasteiger partial charge in [0.05, 0.1) is 22.7 Å². The molecule has 6 aromatic rings. The molecule has 0 radical (unpaired) electrons. The number of rotatable bonds is 7. The lowest BCUT2D eigenvalue weighted by Crippen LogP contribution is -2.18. The summed E-state index contributed by atoms with van der Waals surface area (Å²) in [6, 6.07) is 40.7. The maximum Gasteiger partial charge on any atom is 0.268 e. The number of hydrogen-bond acceptors (Lipinski definition) is 4. The zero-order valence-electron chi connectivity index (χ0n) is 19.9. The van der Waals surface area contributed by atoms with Crippen molar-refractivity contribution in [2.75, 3.05) is 5.32 Å². The first-order valence-electron chi connectivity index (χ1n) is 12.0. The van der Waals surface area contributed by atoms with E-state index in [4.69, 9.17) is 0 Å². The van der Waals surface area contributed by atoms with Crippen molar-refractivity contribution in [2.45, 2.75) is 21.2 Å². The van der Waals surface area contributed by atoms with Crippen LogP contribution in [-0.4, -0.2) is 12.4 Å². The lowest BCUT2D eigenvalue weighted by atomic mass is 10.1. The molecule has 182 valence electrons. The second kappa shape index (κ2) is 9.81. The Morgan fingerprint density at radius 1 is 0.649 bits per heavy atom. The van der Waals surface area contributed by atoms with Gasteiger partial charge in [-0.15, -0.1) is 0 Å². The highest BCUT2D eigenvalue weighted by Gasteiger charge is 2.27. The Morgan fingerprint density at radius 2 is 1.27 bits per heavy atom. The van der Waals surface area contributed by atoms with Gasteiger partial charge in [0.25, 0.3) is 10.0 Å². The minimum absolute atomic E-state index is 0.262. The third-order valence-electron chi connectivity index (χ3n) is 6.36. The Hall–Kier alpha value is -4.00. The fourth-order valence-electron chi connectivity index (χ4n) is 4.64. The van der Waals surface area contributed by atoms with Crippen LogP contribution in [0.4, 0.5) is 5.69 Å². The third kappa shape index (κ3) is 4.39. The van der Waals surface area contributed by atoms with Crippen molar-refractivity contribution in [2.24, 2.45) is 0 Å². The van der Waals surface area contributed by atoms with Crippen LogP contribution in [0.2, 0.25) is 0 Å². The van der Waals surface area contributed by atoms with Crippen LogP contribution in [0.3, 0.4) is 0 Å². The van der Waals surface area contributed by atoms with Crippen LogP contribution in [-0.2, 0) is 16.6 Å². The average Bonchev–Trinajstić information content (AvgIpc) is 3.26. The Labute approximate surface area is 220 Å². The molecule has 0 aliphatic rings. The van der Waals surface area contributed by atoms with Crippen molar-refractivity contribution >= 4 is 49.1 Å². The minimum Gasteiger partial charge on any atom is -0.379 e. The standard InChI is InChI=1S/C31H24N2O2S2/c34-37(35,25-16-5-2-6-17-25)33-29-21-10-9-19-27(29)31(36-24-14-3-1-4-15-24)30(33)22-32-28-20-11-13-23-12-7-8-18-26(23)28/h1-21,32H,22H2. The van der Waals surface area contributed by atoms with Crippen molar-refractivity contribution in [3.05, 3.63) is 133 Å². The summed E-state index contributed by atoms with van der Waals surface area (Å²) in [5, 5.41) is 6.69.